The lowest BCUT2D eigenvalue weighted by molar-refractivity contribution is -0.385. The molecule has 0 atom stereocenters. The second-order valence-electron chi connectivity index (χ2n) is 5.31. The molecule has 2 aromatic carbocycles. The Morgan fingerprint density at radius 3 is 2.64 bits per heavy atom. The molecule has 0 spiro atoms. The first-order valence-corrected chi connectivity index (χ1v) is 7.63. The highest BCUT2D eigenvalue weighted by Gasteiger charge is 2.19. The third-order valence-electron chi connectivity index (χ3n) is 3.48. The van der Waals surface area contributed by atoms with Crippen LogP contribution in [-0.4, -0.2) is 24.0 Å². The Morgan fingerprint density at radius 1 is 1.28 bits per heavy atom. The topological polar surface area (TPSA) is 96.5 Å². The Bertz CT molecular complexity index is 800. The van der Waals surface area contributed by atoms with Crippen molar-refractivity contribution in [2.45, 2.75) is 13.3 Å². The monoisotopic (exact) mass is 339 g/mol. The van der Waals surface area contributed by atoms with Crippen molar-refractivity contribution in [2.75, 3.05) is 18.1 Å². The van der Waals surface area contributed by atoms with Crippen molar-refractivity contribution in [1.82, 2.24) is 0 Å². The van der Waals surface area contributed by atoms with E-state index in [1.165, 1.54) is 17.0 Å². The van der Waals surface area contributed by atoms with Crippen molar-refractivity contribution in [3.8, 4) is 11.8 Å². The summed E-state index contributed by atoms with van der Waals surface area (Å²) in [4.78, 5) is 24.5. The number of nitro benzene ring substituents is 1. The van der Waals surface area contributed by atoms with Crippen molar-refractivity contribution in [1.29, 1.82) is 5.26 Å². The number of nitrogens with zero attached hydrogens (tertiary/aromatic N) is 3. The number of rotatable bonds is 7. The molecular weight excluding hydrogens is 322 g/mol. The lowest BCUT2D eigenvalue weighted by atomic mass is 10.2. The van der Waals surface area contributed by atoms with Crippen LogP contribution in [0, 0.1) is 28.4 Å². The fraction of sp³-hybridized carbons (Fsp3) is 0.222. The van der Waals surface area contributed by atoms with E-state index in [4.69, 9.17) is 10.00 Å². The highest BCUT2D eigenvalue weighted by Crippen LogP contribution is 2.27. The van der Waals surface area contributed by atoms with Gasteiger partial charge in [0.15, 0.2) is 12.4 Å². The van der Waals surface area contributed by atoms with E-state index in [2.05, 4.69) is 0 Å². The van der Waals surface area contributed by atoms with E-state index in [1.807, 2.05) is 12.1 Å². The summed E-state index contributed by atoms with van der Waals surface area (Å²) in [5.74, 6) is -0.339. The first-order chi connectivity index (χ1) is 12.0. The quantitative estimate of drug-likeness (QED) is 0.570. The van der Waals surface area contributed by atoms with Crippen LogP contribution in [-0.2, 0) is 4.79 Å². The van der Waals surface area contributed by atoms with E-state index in [1.54, 1.807) is 37.3 Å². The highest BCUT2D eigenvalue weighted by atomic mass is 16.6. The molecule has 0 bridgehead atoms. The largest absolute Gasteiger partial charge is 0.477 e. The van der Waals surface area contributed by atoms with E-state index < -0.39 is 4.92 Å². The standard InChI is InChI=1S/C18H17N3O4/c1-14-8-9-17(16(12-14)21(23)24)25-13-18(22)20(11-5-10-19)15-6-3-2-4-7-15/h2-4,6-9,12H,5,11,13H2,1H3. The number of para-hydroxylation sites is 1. The molecule has 0 aliphatic heterocycles. The van der Waals surface area contributed by atoms with E-state index >= 15 is 0 Å². The van der Waals surface area contributed by atoms with Crippen molar-refractivity contribution in [3.05, 3.63) is 64.2 Å². The second kappa shape index (κ2) is 8.45. The molecular formula is C18H17N3O4. The maximum absolute atomic E-state index is 12.5. The predicted molar refractivity (Wildman–Crippen MR) is 92.4 cm³/mol. The summed E-state index contributed by atoms with van der Waals surface area (Å²) in [5, 5.41) is 19.9. The maximum Gasteiger partial charge on any atom is 0.311 e. The van der Waals surface area contributed by atoms with Gasteiger partial charge in [-0.1, -0.05) is 24.3 Å². The predicted octanol–water partition coefficient (Wildman–Crippen LogP) is 3.23. The van der Waals surface area contributed by atoms with Crippen LogP contribution in [0.4, 0.5) is 11.4 Å². The SMILES string of the molecule is Cc1ccc(OCC(=O)N(CCC#N)c2ccccc2)c([N+](=O)[O-])c1. The number of hydrogen-bond donors (Lipinski definition) is 0. The first kappa shape index (κ1) is 17.9. The van der Waals surface area contributed by atoms with Gasteiger partial charge in [0.2, 0.25) is 0 Å². The highest BCUT2D eigenvalue weighted by molar-refractivity contribution is 5.94. The molecule has 0 unspecified atom stereocenters. The molecule has 25 heavy (non-hydrogen) atoms. The number of ether oxygens (including phenoxy) is 1. The minimum absolute atomic E-state index is 0.0391. The summed E-state index contributed by atoms with van der Waals surface area (Å²) in [6.07, 6.45) is 0.172. The van der Waals surface area contributed by atoms with Crippen LogP contribution in [0.25, 0.3) is 0 Å². The number of benzene rings is 2. The number of nitro groups is 1. The summed E-state index contributed by atoms with van der Waals surface area (Å²) < 4.78 is 5.38. The molecule has 2 rings (SSSR count). The third kappa shape index (κ3) is 4.78. The molecule has 0 fully saturated rings. The number of anilines is 1. The molecule has 0 saturated carbocycles. The van der Waals surface area contributed by atoms with Crippen LogP contribution in [0.15, 0.2) is 48.5 Å². The number of carbonyl (C=O) groups excluding carboxylic acids is 1. The molecule has 128 valence electrons. The first-order valence-electron chi connectivity index (χ1n) is 7.63. The van der Waals surface area contributed by atoms with Gasteiger partial charge >= 0.3 is 5.69 Å². The molecule has 0 saturated heterocycles. The van der Waals surface area contributed by atoms with Gasteiger partial charge in [0.25, 0.3) is 5.91 Å². The van der Waals surface area contributed by atoms with E-state index in [0.717, 1.165) is 5.56 Å². The molecule has 0 aliphatic carbocycles. The third-order valence-corrected chi connectivity index (χ3v) is 3.48. The summed E-state index contributed by atoms with van der Waals surface area (Å²) in [6, 6.07) is 15.4. The van der Waals surface area contributed by atoms with Crippen molar-refractivity contribution < 1.29 is 14.5 Å². The Balaban J connectivity index is 2.14. The molecule has 0 N–H and O–H groups in total. The summed E-state index contributed by atoms with van der Waals surface area (Å²) >= 11 is 0. The molecule has 0 aromatic heterocycles. The van der Waals surface area contributed by atoms with Gasteiger partial charge in [0.1, 0.15) is 0 Å². The molecule has 0 heterocycles. The number of nitriles is 1. The minimum atomic E-state index is -0.544. The summed E-state index contributed by atoms with van der Waals surface area (Å²) in [6.45, 7) is 1.60. The molecule has 0 radical (unpaired) electrons. The van der Waals surface area contributed by atoms with Crippen molar-refractivity contribution in [2.24, 2.45) is 0 Å². The average Bonchev–Trinajstić information content (AvgIpc) is 2.61. The Kier molecular flexibility index (Phi) is 6.07. The van der Waals surface area contributed by atoms with Crippen LogP contribution in [0.1, 0.15) is 12.0 Å². The summed E-state index contributed by atoms with van der Waals surface area (Å²) in [5.41, 5.74) is 1.19. The lowest BCUT2D eigenvalue weighted by Crippen LogP contribution is -2.35. The van der Waals surface area contributed by atoms with Gasteiger partial charge in [-0.25, -0.2) is 0 Å². The Morgan fingerprint density at radius 2 is 2.00 bits per heavy atom. The van der Waals surface area contributed by atoms with Crippen molar-refractivity contribution in [3.63, 3.8) is 0 Å². The van der Waals surface area contributed by atoms with E-state index in [0.29, 0.717) is 5.69 Å². The zero-order chi connectivity index (χ0) is 18.2. The summed E-state index contributed by atoms with van der Waals surface area (Å²) in [7, 11) is 0. The van der Waals surface area contributed by atoms with Crippen LogP contribution >= 0.6 is 0 Å². The minimum Gasteiger partial charge on any atom is -0.477 e. The second-order valence-corrected chi connectivity index (χ2v) is 5.31. The Labute approximate surface area is 145 Å². The average molecular weight is 339 g/mol. The van der Waals surface area contributed by atoms with Gasteiger partial charge in [-0.15, -0.1) is 0 Å². The number of hydrogen-bond acceptors (Lipinski definition) is 5. The van der Waals surface area contributed by atoms with Gasteiger partial charge in [0.05, 0.1) is 17.4 Å². The van der Waals surface area contributed by atoms with Gasteiger partial charge in [-0.05, 0) is 30.7 Å². The Hall–Kier alpha value is -3.40. The van der Waals surface area contributed by atoms with Gasteiger partial charge in [0, 0.05) is 18.3 Å². The number of carbonyl (C=O) groups is 1. The van der Waals surface area contributed by atoms with E-state index in [-0.39, 0.29) is 36.9 Å². The lowest BCUT2D eigenvalue weighted by Gasteiger charge is -2.21. The van der Waals surface area contributed by atoms with Gasteiger partial charge in [-0.3, -0.25) is 14.9 Å². The molecule has 0 aliphatic rings. The van der Waals surface area contributed by atoms with Crippen LogP contribution in [0.2, 0.25) is 0 Å². The molecule has 1 amide bonds. The fourth-order valence-corrected chi connectivity index (χ4v) is 2.28. The van der Waals surface area contributed by atoms with Crippen molar-refractivity contribution >= 4 is 17.3 Å². The van der Waals surface area contributed by atoms with Crippen LogP contribution in [0.3, 0.4) is 0 Å². The molecule has 7 heteroatoms. The molecule has 7 nitrogen and oxygen atoms in total. The fourth-order valence-electron chi connectivity index (χ4n) is 2.28. The molecule has 2 aromatic rings. The van der Waals surface area contributed by atoms with Crippen LogP contribution < -0.4 is 9.64 Å². The maximum atomic E-state index is 12.5. The number of aryl methyl sites for hydroxylation is 1. The van der Waals surface area contributed by atoms with E-state index in [9.17, 15) is 14.9 Å². The van der Waals surface area contributed by atoms with Gasteiger partial charge in [-0.2, -0.15) is 5.26 Å². The number of amides is 1. The zero-order valence-electron chi connectivity index (χ0n) is 13.7. The normalized spacial score (nSPS) is 9.92. The smallest absolute Gasteiger partial charge is 0.311 e. The van der Waals surface area contributed by atoms with Gasteiger partial charge < -0.3 is 9.64 Å². The zero-order valence-corrected chi connectivity index (χ0v) is 13.7. The van der Waals surface area contributed by atoms with Crippen LogP contribution in [0.5, 0.6) is 5.75 Å².